The van der Waals surface area contributed by atoms with Gasteiger partial charge in [0.05, 0.1) is 6.67 Å². The normalized spacial score (nSPS) is 15.6. The van der Waals surface area contributed by atoms with Crippen LogP contribution in [0.25, 0.3) is 0 Å². The molecule has 5 heteroatoms. The maximum Gasteiger partial charge on any atom is 0.320 e. The zero-order valence-corrected chi connectivity index (χ0v) is 11.2. The van der Waals surface area contributed by atoms with Crippen molar-refractivity contribution in [2.45, 2.75) is 19.3 Å². The number of rotatable bonds is 3. The van der Waals surface area contributed by atoms with Crippen molar-refractivity contribution < 1.29 is 4.79 Å². The Kier molecular flexibility index (Phi) is 6.54. The summed E-state index contributed by atoms with van der Waals surface area (Å²) in [4.78, 5) is 13.9. The topological polar surface area (TPSA) is 44.4 Å². The van der Waals surface area contributed by atoms with Gasteiger partial charge in [-0.25, -0.2) is 4.79 Å². The zero-order valence-electron chi connectivity index (χ0n) is 10.4. The summed E-state index contributed by atoms with van der Waals surface area (Å²) in [6.45, 7) is 2.82. The second-order valence-electron chi connectivity index (χ2n) is 4.33. The fraction of sp³-hybridized carbons (Fsp3) is 0.462. The molecule has 0 spiro atoms. The van der Waals surface area contributed by atoms with Crippen LogP contribution in [-0.2, 0) is 0 Å². The van der Waals surface area contributed by atoms with Crippen molar-refractivity contribution in [1.29, 1.82) is 0 Å². The number of hydrogen-bond acceptors (Lipinski definition) is 2. The van der Waals surface area contributed by atoms with E-state index in [1.54, 1.807) is 0 Å². The molecule has 100 valence electrons. The molecule has 4 nitrogen and oxygen atoms in total. The van der Waals surface area contributed by atoms with Crippen molar-refractivity contribution in [2.75, 3.05) is 25.1 Å². The third-order valence-corrected chi connectivity index (χ3v) is 2.94. The molecule has 0 aromatic heterocycles. The molecule has 0 saturated carbocycles. The summed E-state index contributed by atoms with van der Waals surface area (Å²) in [6, 6.07) is 9.35. The molecule has 0 aliphatic carbocycles. The highest BCUT2D eigenvalue weighted by Crippen LogP contribution is 2.07. The summed E-state index contributed by atoms with van der Waals surface area (Å²) < 4.78 is 0. The Bertz CT molecular complexity index is 353. The number of nitrogens with zero attached hydrogens (tertiary/aromatic N) is 1. The van der Waals surface area contributed by atoms with E-state index in [9.17, 15) is 4.79 Å². The molecule has 0 radical (unpaired) electrons. The summed E-state index contributed by atoms with van der Waals surface area (Å²) in [5.74, 6) is 0. The first-order valence-corrected chi connectivity index (χ1v) is 6.17. The smallest absolute Gasteiger partial charge is 0.320 e. The Balaban J connectivity index is 0.00000162. The van der Waals surface area contributed by atoms with Crippen LogP contribution >= 0.6 is 12.4 Å². The molecular weight excluding hydrogens is 250 g/mol. The lowest BCUT2D eigenvalue weighted by molar-refractivity contribution is 0.207. The van der Waals surface area contributed by atoms with Gasteiger partial charge in [0.2, 0.25) is 0 Å². The fourth-order valence-corrected chi connectivity index (χ4v) is 2.00. The number of carbonyl (C=O) groups excluding carboxylic acids is 1. The molecule has 1 aliphatic rings. The quantitative estimate of drug-likeness (QED) is 0.886. The van der Waals surface area contributed by atoms with Crippen molar-refractivity contribution in [3.05, 3.63) is 30.3 Å². The van der Waals surface area contributed by atoms with E-state index in [-0.39, 0.29) is 18.4 Å². The number of nitrogens with one attached hydrogen (secondary N) is 2. The van der Waals surface area contributed by atoms with Crippen LogP contribution in [-0.4, -0.2) is 30.7 Å². The third kappa shape index (κ3) is 4.94. The number of para-hydroxylation sites is 1. The number of anilines is 1. The van der Waals surface area contributed by atoms with Gasteiger partial charge >= 0.3 is 6.03 Å². The molecule has 1 saturated heterocycles. The second-order valence-corrected chi connectivity index (χ2v) is 4.33. The van der Waals surface area contributed by atoms with Gasteiger partial charge in [-0.05, 0) is 38.1 Å². The first-order valence-electron chi connectivity index (χ1n) is 6.17. The Hall–Kier alpha value is -1.26. The minimum absolute atomic E-state index is 0. The van der Waals surface area contributed by atoms with Gasteiger partial charge in [-0.1, -0.05) is 24.6 Å². The van der Waals surface area contributed by atoms with Crippen molar-refractivity contribution in [1.82, 2.24) is 10.2 Å². The maximum atomic E-state index is 11.6. The number of urea groups is 1. The van der Waals surface area contributed by atoms with Gasteiger partial charge in [-0.15, -0.1) is 12.4 Å². The lowest BCUT2D eigenvalue weighted by atomic mass is 10.1. The molecule has 2 N–H and O–H groups in total. The molecule has 0 unspecified atom stereocenters. The van der Waals surface area contributed by atoms with Gasteiger partial charge in [0, 0.05) is 5.69 Å². The summed E-state index contributed by atoms with van der Waals surface area (Å²) in [7, 11) is 0. The molecule has 0 atom stereocenters. The van der Waals surface area contributed by atoms with Gasteiger partial charge in [-0.3, -0.25) is 4.90 Å². The molecule has 0 bridgehead atoms. The number of benzene rings is 1. The average molecular weight is 270 g/mol. The molecular formula is C13H20ClN3O. The van der Waals surface area contributed by atoms with E-state index in [1.165, 1.54) is 19.3 Å². The summed E-state index contributed by atoms with van der Waals surface area (Å²) in [5.41, 5.74) is 0.823. The van der Waals surface area contributed by atoms with Crippen LogP contribution in [0.1, 0.15) is 19.3 Å². The van der Waals surface area contributed by atoms with Crippen molar-refractivity contribution in [3.63, 3.8) is 0 Å². The number of hydrogen-bond donors (Lipinski definition) is 2. The number of likely N-dealkylation sites (tertiary alicyclic amines) is 1. The Labute approximate surface area is 114 Å². The predicted octanol–water partition coefficient (Wildman–Crippen LogP) is 2.67. The van der Waals surface area contributed by atoms with E-state index in [4.69, 9.17) is 0 Å². The lowest BCUT2D eigenvalue weighted by Crippen LogP contribution is -2.41. The van der Waals surface area contributed by atoms with Gasteiger partial charge in [0.15, 0.2) is 0 Å². The van der Waals surface area contributed by atoms with E-state index in [1.807, 2.05) is 30.3 Å². The molecule has 2 rings (SSSR count). The Morgan fingerprint density at radius 2 is 1.78 bits per heavy atom. The minimum atomic E-state index is -0.137. The fourth-order valence-electron chi connectivity index (χ4n) is 2.00. The van der Waals surface area contributed by atoms with Crippen LogP contribution in [0.5, 0.6) is 0 Å². The van der Waals surface area contributed by atoms with Crippen molar-refractivity contribution in [2.24, 2.45) is 0 Å². The summed E-state index contributed by atoms with van der Waals surface area (Å²) in [6.07, 6.45) is 3.79. The standard InChI is InChI=1S/C13H19N3O.ClH/c17-13(15-12-7-3-1-4-8-12)14-11-16-9-5-2-6-10-16;/h1,3-4,7-8H,2,5-6,9-11H2,(H2,14,15,17);1H. The van der Waals surface area contributed by atoms with Crippen LogP contribution in [0.4, 0.5) is 10.5 Å². The average Bonchev–Trinajstić information content (AvgIpc) is 2.39. The van der Waals surface area contributed by atoms with E-state index in [0.29, 0.717) is 6.67 Å². The summed E-state index contributed by atoms with van der Waals surface area (Å²) >= 11 is 0. The van der Waals surface area contributed by atoms with Crippen LogP contribution in [0, 0.1) is 0 Å². The minimum Gasteiger partial charge on any atom is -0.325 e. The highest BCUT2D eigenvalue weighted by Gasteiger charge is 2.10. The number of amides is 2. The number of carbonyl (C=O) groups is 1. The molecule has 1 aromatic carbocycles. The first-order chi connectivity index (χ1) is 8.34. The van der Waals surface area contributed by atoms with Crippen LogP contribution < -0.4 is 10.6 Å². The predicted molar refractivity (Wildman–Crippen MR) is 76.1 cm³/mol. The molecule has 1 aromatic rings. The third-order valence-electron chi connectivity index (χ3n) is 2.94. The van der Waals surface area contributed by atoms with Crippen molar-refractivity contribution >= 4 is 24.1 Å². The van der Waals surface area contributed by atoms with Gasteiger partial charge in [0.25, 0.3) is 0 Å². The van der Waals surface area contributed by atoms with E-state index >= 15 is 0 Å². The van der Waals surface area contributed by atoms with E-state index in [2.05, 4.69) is 15.5 Å². The molecule has 1 heterocycles. The molecule has 18 heavy (non-hydrogen) atoms. The van der Waals surface area contributed by atoms with Gasteiger partial charge < -0.3 is 10.6 Å². The second kappa shape index (κ2) is 7.95. The molecule has 1 fully saturated rings. The van der Waals surface area contributed by atoms with Crippen LogP contribution in [0.2, 0.25) is 0 Å². The Morgan fingerprint density at radius 1 is 1.11 bits per heavy atom. The van der Waals surface area contributed by atoms with Crippen LogP contribution in [0.3, 0.4) is 0 Å². The molecule has 1 aliphatic heterocycles. The van der Waals surface area contributed by atoms with Crippen molar-refractivity contribution in [3.8, 4) is 0 Å². The number of piperidine rings is 1. The van der Waals surface area contributed by atoms with Crippen LogP contribution in [0.15, 0.2) is 30.3 Å². The monoisotopic (exact) mass is 269 g/mol. The highest BCUT2D eigenvalue weighted by atomic mass is 35.5. The Morgan fingerprint density at radius 3 is 2.44 bits per heavy atom. The maximum absolute atomic E-state index is 11.6. The SMILES string of the molecule is Cl.O=C(NCN1CCCCC1)Nc1ccccc1. The van der Waals surface area contributed by atoms with E-state index < -0.39 is 0 Å². The zero-order chi connectivity index (χ0) is 11.9. The van der Waals surface area contributed by atoms with Gasteiger partial charge in [-0.2, -0.15) is 0 Å². The van der Waals surface area contributed by atoms with E-state index in [0.717, 1.165) is 18.8 Å². The highest BCUT2D eigenvalue weighted by molar-refractivity contribution is 5.89. The molecule has 2 amide bonds. The summed E-state index contributed by atoms with van der Waals surface area (Å²) in [5, 5.41) is 5.68. The largest absolute Gasteiger partial charge is 0.325 e. The first kappa shape index (κ1) is 14.8. The number of halogens is 1. The lowest BCUT2D eigenvalue weighted by Gasteiger charge is -2.26. The van der Waals surface area contributed by atoms with Gasteiger partial charge in [0.1, 0.15) is 0 Å².